The number of aromatic nitrogens is 2. The second-order valence-electron chi connectivity index (χ2n) is 4.62. The van der Waals surface area contributed by atoms with Crippen molar-refractivity contribution in [3.05, 3.63) is 53.0 Å². The van der Waals surface area contributed by atoms with Gasteiger partial charge in [0.25, 0.3) is 0 Å². The first-order valence-corrected chi connectivity index (χ1v) is 6.51. The van der Waals surface area contributed by atoms with Gasteiger partial charge >= 0.3 is 0 Å². The van der Waals surface area contributed by atoms with Crippen molar-refractivity contribution < 1.29 is 0 Å². The van der Waals surface area contributed by atoms with Crippen LogP contribution in [-0.4, -0.2) is 16.5 Å². The highest BCUT2D eigenvalue weighted by Crippen LogP contribution is 2.27. The molecule has 1 atom stereocenters. The maximum Gasteiger partial charge on any atom is 0.128 e. The topological polar surface area (TPSA) is 63.8 Å². The van der Waals surface area contributed by atoms with Gasteiger partial charge in [-0.25, -0.2) is 4.98 Å². The second-order valence-corrected chi connectivity index (χ2v) is 4.62. The SMILES string of the molecule is CCNC(c1cccc(C)n1)c1c(C)ccnc1N. The van der Waals surface area contributed by atoms with Crippen LogP contribution in [0.5, 0.6) is 0 Å². The largest absolute Gasteiger partial charge is 0.383 e. The molecule has 1 unspecified atom stereocenters. The van der Waals surface area contributed by atoms with Gasteiger partial charge in [-0.2, -0.15) is 0 Å². The molecule has 2 rings (SSSR count). The summed E-state index contributed by atoms with van der Waals surface area (Å²) in [6.07, 6.45) is 1.74. The number of pyridine rings is 2. The summed E-state index contributed by atoms with van der Waals surface area (Å²) in [5.41, 5.74) is 10.2. The van der Waals surface area contributed by atoms with Crippen molar-refractivity contribution >= 4 is 5.82 Å². The van der Waals surface area contributed by atoms with Crippen LogP contribution in [-0.2, 0) is 0 Å². The molecule has 100 valence electrons. The zero-order valence-corrected chi connectivity index (χ0v) is 11.6. The normalized spacial score (nSPS) is 12.4. The van der Waals surface area contributed by atoms with Gasteiger partial charge in [0, 0.05) is 17.5 Å². The molecule has 0 fully saturated rings. The van der Waals surface area contributed by atoms with E-state index in [-0.39, 0.29) is 6.04 Å². The van der Waals surface area contributed by atoms with E-state index in [9.17, 15) is 0 Å². The standard InChI is InChI=1S/C15H20N4/c1-4-17-14(12-7-5-6-11(3)19-12)13-10(2)8-9-18-15(13)16/h5-9,14,17H,4H2,1-3H3,(H2,16,18). The number of hydrogen-bond donors (Lipinski definition) is 2. The number of anilines is 1. The molecule has 2 aromatic heterocycles. The van der Waals surface area contributed by atoms with Crippen LogP contribution in [0.25, 0.3) is 0 Å². The lowest BCUT2D eigenvalue weighted by atomic mass is 9.99. The predicted octanol–water partition coefficient (Wildman–Crippen LogP) is 2.37. The summed E-state index contributed by atoms with van der Waals surface area (Å²) in [5, 5.41) is 3.44. The number of nitrogens with two attached hydrogens (primary N) is 1. The third-order valence-corrected chi connectivity index (χ3v) is 3.14. The number of aryl methyl sites for hydroxylation is 2. The first kappa shape index (κ1) is 13.5. The summed E-state index contributed by atoms with van der Waals surface area (Å²) in [5.74, 6) is 0.564. The van der Waals surface area contributed by atoms with Gasteiger partial charge in [0.1, 0.15) is 5.82 Å². The van der Waals surface area contributed by atoms with E-state index in [4.69, 9.17) is 5.73 Å². The minimum absolute atomic E-state index is 0.0152. The number of rotatable bonds is 4. The first-order valence-electron chi connectivity index (χ1n) is 6.51. The zero-order chi connectivity index (χ0) is 13.8. The number of nitrogens with zero attached hydrogens (tertiary/aromatic N) is 2. The Kier molecular flexibility index (Phi) is 4.12. The van der Waals surface area contributed by atoms with Crippen molar-refractivity contribution in [1.29, 1.82) is 0 Å². The van der Waals surface area contributed by atoms with E-state index in [0.29, 0.717) is 5.82 Å². The van der Waals surface area contributed by atoms with Crippen LogP contribution in [0.4, 0.5) is 5.82 Å². The molecule has 2 heterocycles. The summed E-state index contributed by atoms with van der Waals surface area (Å²) in [7, 11) is 0. The first-order chi connectivity index (χ1) is 9.13. The predicted molar refractivity (Wildman–Crippen MR) is 77.9 cm³/mol. The lowest BCUT2D eigenvalue weighted by Gasteiger charge is -2.21. The number of hydrogen-bond acceptors (Lipinski definition) is 4. The third kappa shape index (κ3) is 2.90. The Balaban J connectivity index is 2.51. The molecule has 0 aliphatic rings. The van der Waals surface area contributed by atoms with Gasteiger partial charge < -0.3 is 11.1 Å². The van der Waals surface area contributed by atoms with E-state index in [1.54, 1.807) is 6.20 Å². The quantitative estimate of drug-likeness (QED) is 0.881. The molecule has 0 saturated carbocycles. The summed E-state index contributed by atoms with van der Waals surface area (Å²) in [4.78, 5) is 8.81. The number of nitrogen functional groups attached to an aromatic ring is 1. The smallest absolute Gasteiger partial charge is 0.128 e. The molecule has 0 bridgehead atoms. The molecule has 0 spiro atoms. The minimum atomic E-state index is -0.0152. The molecule has 2 aromatic rings. The van der Waals surface area contributed by atoms with Gasteiger partial charge in [-0.15, -0.1) is 0 Å². The van der Waals surface area contributed by atoms with Crippen LogP contribution in [0, 0.1) is 13.8 Å². The molecule has 19 heavy (non-hydrogen) atoms. The molecule has 0 aliphatic carbocycles. The van der Waals surface area contributed by atoms with Crippen molar-refractivity contribution in [2.75, 3.05) is 12.3 Å². The molecule has 0 aromatic carbocycles. The fourth-order valence-electron chi connectivity index (χ4n) is 2.25. The van der Waals surface area contributed by atoms with Gasteiger partial charge in [0.15, 0.2) is 0 Å². The molecule has 4 heteroatoms. The fraction of sp³-hybridized carbons (Fsp3) is 0.333. The van der Waals surface area contributed by atoms with E-state index in [1.165, 1.54) is 0 Å². The monoisotopic (exact) mass is 256 g/mol. The van der Waals surface area contributed by atoms with Gasteiger partial charge in [0.05, 0.1) is 11.7 Å². The highest BCUT2D eigenvalue weighted by Gasteiger charge is 2.19. The van der Waals surface area contributed by atoms with Crippen LogP contribution in [0.2, 0.25) is 0 Å². The van der Waals surface area contributed by atoms with Crippen LogP contribution in [0.3, 0.4) is 0 Å². The minimum Gasteiger partial charge on any atom is -0.383 e. The average molecular weight is 256 g/mol. The summed E-state index contributed by atoms with van der Waals surface area (Å²) in [6, 6.07) is 7.99. The molecule has 3 N–H and O–H groups in total. The van der Waals surface area contributed by atoms with Gasteiger partial charge in [-0.1, -0.05) is 13.0 Å². The Morgan fingerprint density at radius 1 is 1.26 bits per heavy atom. The summed E-state index contributed by atoms with van der Waals surface area (Å²) >= 11 is 0. The van der Waals surface area contributed by atoms with E-state index < -0.39 is 0 Å². The van der Waals surface area contributed by atoms with Crippen molar-refractivity contribution in [3.8, 4) is 0 Å². The van der Waals surface area contributed by atoms with Crippen molar-refractivity contribution in [2.24, 2.45) is 0 Å². The molecular weight excluding hydrogens is 236 g/mol. The highest BCUT2D eigenvalue weighted by atomic mass is 15.0. The lowest BCUT2D eigenvalue weighted by Crippen LogP contribution is -2.25. The van der Waals surface area contributed by atoms with Crippen LogP contribution in [0.1, 0.15) is 35.5 Å². The van der Waals surface area contributed by atoms with Crippen LogP contribution >= 0.6 is 0 Å². The Hall–Kier alpha value is -1.94. The Labute approximate surface area is 114 Å². The zero-order valence-electron chi connectivity index (χ0n) is 11.6. The van der Waals surface area contributed by atoms with Crippen molar-refractivity contribution in [3.63, 3.8) is 0 Å². The van der Waals surface area contributed by atoms with E-state index >= 15 is 0 Å². The Morgan fingerprint density at radius 3 is 2.68 bits per heavy atom. The highest BCUT2D eigenvalue weighted by molar-refractivity contribution is 5.49. The Bertz CT molecular complexity index is 546. The van der Waals surface area contributed by atoms with Gasteiger partial charge in [0.2, 0.25) is 0 Å². The van der Waals surface area contributed by atoms with Gasteiger partial charge in [-0.3, -0.25) is 4.98 Å². The summed E-state index contributed by atoms with van der Waals surface area (Å²) in [6.45, 7) is 6.96. The average Bonchev–Trinajstić information content (AvgIpc) is 2.37. The maximum atomic E-state index is 6.05. The van der Waals surface area contributed by atoms with E-state index in [1.807, 2.05) is 38.1 Å². The Morgan fingerprint density at radius 2 is 2.05 bits per heavy atom. The molecule has 4 nitrogen and oxygen atoms in total. The number of nitrogens with one attached hydrogen (secondary N) is 1. The fourth-order valence-corrected chi connectivity index (χ4v) is 2.25. The van der Waals surface area contributed by atoms with Crippen LogP contribution < -0.4 is 11.1 Å². The van der Waals surface area contributed by atoms with Crippen molar-refractivity contribution in [2.45, 2.75) is 26.8 Å². The van der Waals surface area contributed by atoms with E-state index in [2.05, 4.69) is 22.2 Å². The lowest BCUT2D eigenvalue weighted by molar-refractivity contribution is 0.611. The molecule has 0 aliphatic heterocycles. The third-order valence-electron chi connectivity index (χ3n) is 3.14. The molecule has 0 saturated heterocycles. The molecule has 0 radical (unpaired) electrons. The maximum absolute atomic E-state index is 6.05. The second kappa shape index (κ2) is 5.80. The van der Waals surface area contributed by atoms with E-state index in [0.717, 1.165) is 29.1 Å². The summed E-state index contributed by atoms with van der Waals surface area (Å²) < 4.78 is 0. The van der Waals surface area contributed by atoms with Crippen LogP contribution in [0.15, 0.2) is 30.5 Å². The molecule has 0 amide bonds. The van der Waals surface area contributed by atoms with Crippen molar-refractivity contribution in [1.82, 2.24) is 15.3 Å². The molecular formula is C15H20N4. The van der Waals surface area contributed by atoms with Gasteiger partial charge in [-0.05, 0) is 44.2 Å².